The summed E-state index contributed by atoms with van der Waals surface area (Å²) in [6.07, 6.45) is 17.2. The molecule has 134 valence electrons. The lowest BCUT2D eigenvalue weighted by atomic mass is 9.69. The summed E-state index contributed by atoms with van der Waals surface area (Å²) in [4.78, 5) is 0. The first-order valence-corrected chi connectivity index (χ1v) is 10.4. The standard InChI is InChI=1S/C20H39N3/c21-18-7-2-14(3-8-18)11-16-1-6-17(20(23)13-16)12-15-4-9-19(22)10-5-15/h14-20H,1-13,21-23H2. The average molecular weight is 322 g/mol. The molecule has 6 N–H and O–H groups in total. The van der Waals surface area contributed by atoms with Crippen molar-refractivity contribution < 1.29 is 0 Å². The van der Waals surface area contributed by atoms with Gasteiger partial charge in [-0.05, 0) is 101 Å². The zero-order valence-electron chi connectivity index (χ0n) is 15.0. The van der Waals surface area contributed by atoms with Gasteiger partial charge in [0.1, 0.15) is 0 Å². The smallest absolute Gasteiger partial charge is 0.00699 e. The highest BCUT2D eigenvalue weighted by Crippen LogP contribution is 2.40. The fraction of sp³-hybridized carbons (Fsp3) is 1.00. The maximum Gasteiger partial charge on any atom is 0.00699 e. The molecule has 0 saturated heterocycles. The summed E-state index contributed by atoms with van der Waals surface area (Å²) >= 11 is 0. The van der Waals surface area contributed by atoms with E-state index >= 15 is 0 Å². The van der Waals surface area contributed by atoms with Crippen LogP contribution in [-0.2, 0) is 0 Å². The predicted octanol–water partition coefficient (Wildman–Crippen LogP) is 3.55. The molecule has 0 aliphatic heterocycles. The zero-order chi connectivity index (χ0) is 16.2. The van der Waals surface area contributed by atoms with Gasteiger partial charge >= 0.3 is 0 Å². The lowest BCUT2D eigenvalue weighted by molar-refractivity contribution is 0.156. The third-order valence-electron chi connectivity index (χ3n) is 7.24. The first-order chi connectivity index (χ1) is 11.1. The second-order valence-electron chi connectivity index (χ2n) is 9.14. The molecule has 3 atom stereocenters. The molecule has 3 fully saturated rings. The van der Waals surface area contributed by atoms with Gasteiger partial charge < -0.3 is 17.2 Å². The van der Waals surface area contributed by atoms with Crippen molar-refractivity contribution in [2.24, 2.45) is 40.9 Å². The molecule has 0 amide bonds. The molecular formula is C20H39N3. The van der Waals surface area contributed by atoms with Crippen LogP contribution in [-0.4, -0.2) is 18.1 Å². The number of hydrogen-bond donors (Lipinski definition) is 3. The van der Waals surface area contributed by atoms with Crippen LogP contribution in [0.15, 0.2) is 0 Å². The second-order valence-corrected chi connectivity index (χ2v) is 9.14. The zero-order valence-corrected chi connectivity index (χ0v) is 15.0. The van der Waals surface area contributed by atoms with E-state index in [4.69, 9.17) is 17.2 Å². The van der Waals surface area contributed by atoms with Crippen molar-refractivity contribution in [3.8, 4) is 0 Å². The van der Waals surface area contributed by atoms with E-state index in [1.165, 1.54) is 83.5 Å². The van der Waals surface area contributed by atoms with Gasteiger partial charge in [0, 0.05) is 18.1 Å². The number of nitrogens with two attached hydrogens (primary N) is 3. The van der Waals surface area contributed by atoms with Gasteiger partial charge in [-0.3, -0.25) is 0 Å². The molecule has 3 saturated carbocycles. The summed E-state index contributed by atoms with van der Waals surface area (Å²) in [6, 6.07) is 1.40. The van der Waals surface area contributed by atoms with Gasteiger partial charge in [0.15, 0.2) is 0 Å². The van der Waals surface area contributed by atoms with Crippen molar-refractivity contribution >= 4 is 0 Å². The summed E-state index contributed by atoms with van der Waals surface area (Å²) < 4.78 is 0. The Hall–Kier alpha value is -0.120. The lowest BCUT2D eigenvalue weighted by Gasteiger charge is -2.39. The van der Waals surface area contributed by atoms with Crippen LogP contribution in [0.3, 0.4) is 0 Å². The molecule has 3 rings (SSSR count). The molecule has 3 aliphatic carbocycles. The number of rotatable bonds is 4. The highest BCUT2D eigenvalue weighted by atomic mass is 14.7. The molecule has 0 bridgehead atoms. The molecule has 0 aromatic heterocycles. The van der Waals surface area contributed by atoms with E-state index in [2.05, 4.69) is 0 Å². The van der Waals surface area contributed by atoms with E-state index in [1.54, 1.807) is 0 Å². The summed E-state index contributed by atoms with van der Waals surface area (Å²) in [5.41, 5.74) is 18.7. The molecule has 3 nitrogen and oxygen atoms in total. The Morgan fingerprint density at radius 3 is 1.52 bits per heavy atom. The maximum atomic E-state index is 6.60. The molecule has 3 unspecified atom stereocenters. The van der Waals surface area contributed by atoms with Crippen molar-refractivity contribution in [2.75, 3.05) is 0 Å². The first kappa shape index (κ1) is 17.7. The van der Waals surface area contributed by atoms with Crippen LogP contribution in [0.25, 0.3) is 0 Å². The predicted molar refractivity (Wildman–Crippen MR) is 97.9 cm³/mol. The highest BCUT2D eigenvalue weighted by molar-refractivity contribution is 4.87. The molecular weight excluding hydrogens is 282 g/mol. The van der Waals surface area contributed by atoms with Crippen LogP contribution in [0.1, 0.15) is 83.5 Å². The topological polar surface area (TPSA) is 78.1 Å². The van der Waals surface area contributed by atoms with Crippen molar-refractivity contribution in [1.82, 2.24) is 0 Å². The molecule has 0 radical (unpaired) electrons. The second kappa shape index (κ2) is 8.31. The Morgan fingerprint density at radius 2 is 1.00 bits per heavy atom. The van der Waals surface area contributed by atoms with Crippen LogP contribution in [0.5, 0.6) is 0 Å². The summed E-state index contributed by atoms with van der Waals surface area (Å²) in [5.74, 6) is 3.51. The van der Waals surface area contributed by atoms with E-state index < -0.39 is 0 Å². The molecule has 0 spiro atoms. The van der Waals surface area contributed by atoms with Crippen molar-refractivity contribution in [3.05, 3.63) is 0 Å². The third-order valence-corrected chi connectivity index (χ3v) is 7.24. The van der Waals surface area contributed by atoms with Gasteiger partial charge in [0.25, 0.3) is 0 Å². The molecule has 0 aromatic rings. The minimum Gasteiger partial charge on any atom is -0.328 e. The monoisotopic (exact) mass is 321 g/mol. The van der Waals surface area contributed by atoms with Crippen LogP contribution in [0.4, 0.5) is 0 Å². The van der Waals surface area contributed by atoms with E-state index in [0.29, 0.717) is 18.1 Å². The Labute approximate surface area is 143 Å². The average Bonchev–Trinajstić information content (AvgIpc) is 2.54. The van der Waals surface area contributed by atoms with Gasteiger partial charge in [-0.25, -0.2) is 0 Å². The highest BCUT2D eigenvalue weighted by Gasteiger charge is 2.32. The minimum absolute atomic E-state index is 0.454. The van der Waals surface area contributed by atoms with E-state index in [0.717, 1.165) is 23.7 Å². The molecule has 3 aliphatic rings. The van der Waals surface area contributed by atoms with Crippen molar-refractivity contribution in [3.63, 3.8) is 0 Å². The summed E-state index contributed by atoms with van der Waals surface area (Å²) in [6.45, 7) is 0. The Bertz CT molecular complexity index is 343. The van der Waals surface area contributed by atoms with Gasteiger partial charge in [-0.15, -0.1) is 0 Å². The first-order valence-electron chi connectivity index (χ1n) is 10.4. The Morgan fingerprint density at radius 1 is 0.522 bits per heavy atom. The normalized spacial score (nSPS) is 45.8. The van der Waals surface area contributed by atoms with Crippen LogP contribution >= 0.6 is 0 Å². The SMILES string of the molecule is NC1CCC(CC2CCC(CC3CCC(N)CC3)C(N)C2)CC1. The largest absolute Gasteiger partial charge is 0.328 e. The van der Waals surface area contributed by atoms with E-state index in [1.807, 2.05) is 0 Å². The molecule has 0 aromatic carbocycles. The quantitative estimate of drug-likeness (QED) is 0.741. The maximum absolute atomic E-state index is 6.60. The Kier molecular flexibility index (Phi) is 6.39. The van der Waals surface area contributed by atoms with Crippen LogP contribution in [0.2, 0.25) is 0 Å². The summed E-state index contributed by atoms with van der Waals surface area (Å²) in [5, 5.41) is 0. The van der Waals surface area contributed by atoms with Crippen LogP contribution < -0.4 is 17.2 Å². The third kappa shape index (κ3) is 5.17. The minimum atomic E-state index is 0.454. The van der Waals surface area contributed by atoms with Gasteiger partial charge in [0.05, 0.1) is 0 Å². The van der Waals surface area contributed by atoms with Gasteiger partial charge in [0.2, 0.25) is 0 Å². The molecule has 23 heavy (non-hydrogen) atoms. The van der Waals surface area contributed by atoms with E-state index in [9.17, 15) is 0 Å². The summed E-state index contributed by atoms with van der Waals surface area (Å²) in [7, 11) is 0. The fourth-order valence-corrected chi connectivity index (χ4v) is 5.61. The van der Waals surface area contributed by atoms with Crippen LogP contribution in [0, 0.1) is 23.7 Å². The van der Waals surface area contributed by atoms with Crippen molar-refractivity contribution in [2.45, 2.75) is 102 Å². The van der Waals surface area contributed by atoms with Gasteiger partial charge in [-0.2, -0.15) is 0 Å². The number of hydrogen-bond acceptors (Lipinski definition) is 3. The Balaban J connectivity index is 1.39. The van der Waals surface area contributed by atoms with Gasteiger partial charge in [-0.1, -0.05) is 6.42 Å². The van der Waals surface area contributed by atoms with E-state index in [-0.39, 0.29) is 0 Å². The fourth-order valence-electron chi connectivity index (χ4n) is 5.61. The molecule has 0 heterocycles. The van der Waals surface area contributed by atoms with Crippen molar-refractivity contribution in [1.29, 1.82) is 0 Å². The molecule has 3 heteroatoms. The lowest BCUT2D eigenvalue weighted by Crippen LogP contribution is -2.39.